The van der Waals surface area contributed by atoms with Crippen LogP contribution in [0.25, 0.3) is 21.7 Å². The Bertz CT molecular complexity index is 2380. The number of halogens is 1. The Morgan fingerprint density at radius 3 is 1.94 bits per heavy atom. The topological polar surface area (TPSA) is 155 Å². The monoisotopic (exact) mass is 777 g/mol. The fourth-order valence-electron chi connectivity index (χ4n) is 6.11. The van der Waals surface area contributed by atoms with E-state index in [1.54, 1.807) is 38.1 Å². The van der Waals surface area contributed by atoms with Crippen LogP contribution in [0.2, 0.25) is 5.02 Å². The summed E-state index contributed by atoms with van der Waals surface area (Å²) in [6.45, 7) is 6.77. The average Bonchev–Trinajstić information content (AvgIpc) is 3.39. The predicted octanol–water partition coefficient (Wildman–Crippen LogP) is 8.31. The van der Waals surface area contributed by atoms with Gasteiger partial charge in [-0.05, 0) is 68.4 Å². The van der Waals surface area contributed by atoms with Gasteiger partial charge in [-0.1, -0.05) is 90.5 Å². The highest BCUT2D eigenvalue weighted by atomic mass is 35.5. The summed E-state index contributed by atoms with van der Waals surface area (Å²) in [7, 11) is -6.72. The molecule has 53 heavy (non-hydrogen) atoms. The summed E-state index contributed by atoms with van der Waals surface area (Å²) in [5.74, 6) is 0. The molecule has 14 heteroatoms. The molecule has 5 aromatic carbocycles. The van der Waals surface area contributed by atoms with Gasteiger partial charge in [0, 0.05) is 64.1 Å². The molecular weight excluding hydrogens is 738 g/mol. The Balaban J connectivity index is 0.000000157. The zero-order valence-electron chi connectivity index (χ0n) is 29.3. The summed E-state index contributed by atoms with van der Waals surface area (Å²) in [4.78, 5) is 12.8. The number of nitrogens with zero attached hydrogens (tertiary/aromatic N) is 2. The van der Waals surface area contributed by atoms with Crippen molar-refractivity contribution in [2.75, 3.05) is 18.9 Å². The Morgan fingerprint density at radius 1 is 0.792 bits per heavy atom. The third kappa shape index (κ3) is 10.2. The second-order valence-electron chi connectivity index (χ2n) is 12.6. The molecule has 0 bridgehead atoms. The number of hydrogen-bond acceptors (Lipinski definition) is 7. The van der Waals surface area contributed by atoms with Gasteiger partial charge >= 0.3 is 6.09 Å². The van der Waals surface area contributed by atoms with Crippen molar-refractivity contribution in [2.45, 2.75) is 49.3 Å². The fourth-order valence-corrected chi connectivity index (χ4v) is 7.72. The lowest BCUT2D eigenvalue weighted by Gasteiger charge is -2.24. The van der Waals surface area contributed by atoms with Gasteiger partial charge in [0.1, 0.15) is 9.79 Å². The number of hydrogen-bond donors (Lipinski definition) is 3. The molecule has 0 spiro atoms. The zero-order valence-corrected chi connectivity index (χ0v) is 31.7. The number of benzene rings is 5. The van der Waals surface area contributed by atoms with E-state index in [1.807, 2.05) is 0 Å². The van der Waals surface area contributed by atoms with Crippen LogP contribution in [0.1, 0.15) is 30.7 Å². The molecule has 0 fully saturated rings. The van der Waals surface area contributed by atoms with Crippen molar-refractivity contribution in [3.05, 3.63) is 137 Å². The first-order chi connectivity index (χ1) is 25.1. The van der Waals surface area contributed by atoms with E-state index in [0.717, 1.165) is 38.2 Å². The normalized spacial score (nSPS) is 13.0. The summed E-state index contributed by atoms with van der Waals surface area (Å²) in [5.41, 5.74) is 6.43. The molecule has 1 aromatic heterocycles. The summed E-state index contributed by atoms with van der Waals surface area (Å²) in [6.07, 6.45) is 0.546. The number of nitrogens with one attached hydrogen (secondary N) is 1. The van der Waals surface area contributed by atoms with Crippen molar-refractivity contribution in [1.82, 2.24) is 9.47 Å². The Hall–Kier alpha value is -4.76. The molecule has 0 aliphatic carbocycles. The van der Waals surface area contributed by atoms with Gasteiger partial charge in [0.25, 0.3) is 20.2 Å². The largest absolute Gasteiger partial charge is 0.447 e. The van der Waals surface area contributed by atoms with Crippen LogP contribution < -0.4 is 5.32 Å². The number of aromatic nitrogens is 1. The van der Waals surface area contributed by atoms with Gasteiger partial charge in [-0.3, -0.25) is 14.4 Å². The fraction of sp³-hybridized carbons (Fsp3) is 0.205. The lowest BCUT2D eigenvalue weighted by Crippen LogP contribution is -2.27. The van der Waals surface area contributed by atoms with Crippen LogP contribution in [0.5, 0.6) is 0 Å². The van der Waals surface area contributed by atoms with Gasteiger partial charge in [-0.25, -0.2) is 4.79 Å². The maximum absolute atomic E-state index is 11.2. The van der Waals surface area contributed by atoms with E-state index in [0.29, 0.717) is 10.7 Å². The summed E-state index contributed by atoms with van der Waals surface area (Å²) < 4.78 is 70.1. The van der Waals surface area contributed by atoms with Crippen LogP contribution in [0.15, 0.2) is 125 Å². The SMILES string of the molecule is CC(C)OC(=O)Nc1cccc(Cl)c1.CN1CCc2c(c3ccccc3n2Cc2ccccc2)C1.O=S(=O)(O)c1cccc2c(S(=O)(=O)O)cccc12. The van der Waals surface area contributed by atoms with Gasteiger partial charge < -0.3 is 14.2 Å². The molecule has 2 heterocycles. The Kier molecular flexibility index (Phi) is 12.6. The minimum Gasteiger partial charge on any atom is -0.447 e. The smallest absolute Gasteiger partial charge is 0.411 e. The molecule has 0 atom stereocenters. The van der Waals surface area contributed by atoms with E-state index in [-0.39, 0.29) is 16.9 Å². The first kappa shape index (κ1) is 39.4. The molecule has 0 radical (unpaired) electrons. The molecule has 1 aliphatic rings. The minimum atomic E-state index is -4.47. The number of anilines is 1. The first-order valence-corrected chi connectivity index (χ1v) is 19.9. The highest BCUT2D eigenvalue weighted by molar-refractivity contribution is 7.86. The molecule has 1 aliphatic heterocycles. The lowest BCUT2D eigenvalue weighted by atomic mass is 10.1. The summed E-state index contributed by atoms with van der Waals surface area (Å²) >= 11 is 5.74. The maximum atomic E-state index is 11.2. The van der Waals surface area contributed by atoms with E-state index >= 15 is 0 Å². The second kappa shape index (κ2) is 16.9. The molecule has 3 N–H and O–H groups in total. The number of ether oxygens (including phenoxy) is 1. The van der Waals surface area contributed by atoms with E-state index in [1.165, 1.54) is 52.0 Å². The molecule has 278 valence electrons. The van der Waals surface area contributed by atoms with Crippen LogP contribution in [0.4, 0.5) is 10.5 Å². The number of para-hydroxylation sites is 1. The Labute approximate surface area is 314 Å². The molecule has 1 amide bonds. The van der Waals surface area contributed by atoms with Crippen molar-refractivity contribution in [3.63, 3.8) is 0 Å². The third-order valence-corrected chi connectivity index (χ3v) is 10.4. The molecule has 6 aromatic rings. The van der Waals surface area contributed by atoms with Crippen molar-refractivity contribution < 1.29 is 35.5 Å². The quantitative estimate of drug-likeness (QED) is 0.142. The average molecular weight is 778 g/mol. The van der Waals surface area contributed by atoms with Gasteiger partial charge in [-0.2, -0.15) is 16.8 Å². The summed E-state index contributed by atoms with van der Waals surface area (Å²) in [6, 6.07) is 34.0. The highest BCUT2D eigenvalue weighted by Gasteiger charge is 2.22. The van der Waals surface area contributed by atoms with Crippen molar-refractivity contribution in [3.8, 4) is 0 Å². The number of carbonyl (C=O) groups is 1. The van der Waals surface area contributed by atoms with E-state index in [4.69, 9.17) is 25.4 Å². The number of carbonyl (C=O) groups excluding carboxylic acids is 1. The van der Waals surface area contributed by atoms with Gasteiger partial charge in [-0.15, -0.1) is 0 Å². The minimum absolute atomic E-state index is 0.0233. The number of rotatable bonds is 6. The van der Waals surface area contributed by atoms with E-state index < -0.39 is 36.1 Å². The van der Waals surface area contributed by atoms with Crippen LogP contribution >= 0.6 is 11.6 Å². The van der Waals surface area contributed by atoms with Crippen LogP contribution in [0, 0.1) is 0 Å². The number of fused-ring (bicyclic) bond motifs is 4. The number of likely N-dealkylation sites (N-methyl/N-ethyl adjacent to an activating group) is 1. The predicted molar refractivity (Wildman–Crippen MR) is 208 cm³/mol. The molecular formula is C39H40ClN3O8S2. The lowest BCUT2D eigenvalue weighted by molar-refractivity contribution is 0.130. The van der Waals surface area contributed by atoms with E-state index in [2.05, 4.69) is 76.4 Å². The number of amides is 1. The van der Waals surface area contributed by atoms with Crippen molar-refractivity contribution in [2.24, 2.45) is 0 Å². The third-order valence-electron chi connectivity index (χ3n) is 8.35. The van der Waals surface area contributed by atoms with Gasteiger partial charge in [0.15, 0.2) is 0 Å². The zero-order chi connectivity index (χ0) is 38.3. The van der Waals surface area contributed by atoms with Crippen molar-refractivity contribution in [1.29, 1.82) is 0 Å². The van der Waals surface area contributed by atoms with E-state index in [9.17, 15) is 21.6 Å². The molecule has 11 nitrogen and oxygen atoms in total. The van der Waals surface area contributed by atoms with Gasteiger partial charge in [0.05, 0.1) is 6.10 Å². The summed E-state index contributed by atoms with van der Waals surface area (Å²) in [5, 5.41) is 4.62. The molecule has 0 saturated carbocycles. The molecule has 7 rings (SSSR count). The molecule has 0 unspecified atom stereocenters. The van der Waals surface area contributed by atoms with Gasteiger partial charge in [0.2, 0.25) is 0 Å². The van der Waals surface area contributed by atoms with Crippen LogP contribution in [-0.4, -0.2) is 61.2 Å². The second-order valence-corrected chi connectivity index (χ2v) is 15.9. The van der Waals surface area contributed by atoms with Crippen LogP contribution in [-0.2, 0) is 44.5 Å². The standard InChI is InChI=1S/C19H20N2.C10H12ClNO2.C10H8O6S2/c1-20-12-11-19-17(14-20)16-9-5-6-10-18(16)21(19)13-15-7-3-2-4-8-15;1-7(2)14-10(13)12-9-5-3-4-8(11)6-9;11-17(12,13)9-5-1-3-7-8(9)4-2-6-10(7)18(14,15)16/h2-10H,11-14H2,1H3;3-7H,1-2H3,(H,12,13);1-6H,(H,11,12,13)(H,14,15,16). The Morgan fingerprint density at radius 2 is 1.36 bits per heavy atom. The molecule has 0 saturated heterocycles. The first-order valence-electron chi connectivity index (χ1n) is 16.6. The highest BCUT2D eigenvalue weighted by Crippen LogP contribution is 2.31. The van der Waals surface area contributed by atoms with Crippen molar-refractivity contribution >= 4 is 65.3 Å². The maximum Gasteiger partial charge on any atom is 0.411 e. The van der Waals surface area contributed by atoms with Crippen LogP contribution in [0.3, 0.4) is 0 Å².